The van der Waals surface area contributed by atoms with E-state index in [0.717, 1.165) is 96.8 Å². The molecule has 2 N–H and O–H groups in total. The average Bonchev–Trinajstić information content (AvgIpc) is 4.05. The van der Waals surface area contributed by atoms with Crippen LogP contribution in [0.5, 0.6) is 0 Å². The molecule has 0 spiro atoms. The van der Waals surface area contributed by atoms with Crippen molar-refractivity contribution < 1.29 is 10.2 Å². The maximum Gasteiger partial charge on any atom is 0.0680 e. The van der Waals surface area contributed by atoms with Crippen LogP contribution in [0.3, 0.4) is 0 Å². The van der Waals surface area contributed by atoms with E-state index < -0.39 is 0 Å². The summed E-state index contributed by atoms with van der Waals surface area (Å²) in [5, 5.41) is 40.3. The van der Waals surface area contributed by atoms with E-state index in [4.69, 9.17) is 0 Å². The van der Waals surface area contributed by atoms with Crippen molar-refractivity contribution in [1.29, 1.82) is 0 Å². The van der Waals surface area contributed by atoms with E-state index in [-0.39, 0.29) is 12.2 Å². The van der Waals surface area contributed by atoms with Gasteiger partial charge in [-0.25, -0.2) is 0 Å². The van der Waals surface area contributed by atoms with E-state index in [1.165, 1.54) is 116 Å². The Morgan fingerprint density at radius 1 is 0.237 bits per heavy atom. The van der Waals surface area contributed by atoms with Crippen LogP contribution in [-0.4, -0.2) is 138 Å². The molecule has 11 fully saturated rings. The van der Waals surface area contributed by atoms with Gasteiger partial charge in [-0.05, 0) is 128 Å². The highest BCUT2D eigenvalue weighted by Gasteiger charge is 2.52. The fourth-order valence-electron chi connectivity index (χ4n) is 13.4. The molecule has 11 saturated heterocycles. The first-order valence-corrected chi connectivity index (χ1v) is 34.7. The van der Waals surface area contributed by atoms with Crippen LogP contribution in [0.1, 0.15) is 142 Å². The molecule has 0 aromatic rings. The minimum atomic E-state index is -0.0905. The molecule has 0 amide bonds. The van der Waals surface area contributed by atoms with E-state index in [2.05, 4.69) is 143 Å². The standard InChI is InChI=1S/C46H72O2S11/c1-23-3-5-27(49-23)29-7-9-31(51-29)33-13-15-39(54-33)43-21-26(48)46(58-43)42-20-18-38(57-42)36-12-11-32(53-36)34-14-16-40(55-34)44-22-25(47)45(59-44)41-19-17-37(56-41)35-10-8-30(52-35)28-6-4-24(2)50-28/h23-48H,3-22H2,1-2H3. The van der Waals surface area contributed by atoms with Gasteiger partial charge in [0, 0.05) is 115 Å². The number of thioether (sulfide) groups is 11. The summed E-state index contributed by atoms with van der Waals surface area (Å²) in [7, 11) is 0. The van der Waals surface area contributed by atoms with Crippen molar-refractivity contribution in [3.63, 3.8) is 0 Å². The molecule has 0 bridgehead atoms. The molecular weight excluding hydrogens is 937 g/mol. The van der Waals surface area contributed by atoms with Gasteiger partial charge in [-0.2, -0.15) is 129 Å². The molecule has 0 saturated carbocycles. The van der Waals surface area contributed by atoms with Crippen molar-refractivity contribution in [2.45, 2.75) is 270 Å². The lowest BCUT2D eigenvalue weighted by Crippen LogP contribution is -2.27. The molecule has 0 radical (unpaired) electrons. The van der Waals surface area contributed by atoms with E-state index in [1.54, 1.807) is 0 Å². The zero-order valence-corrected chi connectivity index (χ0v) is 44.4. The van der Waals surface area contributed by atoms with Gasteiger partial charge in [-0.15, -0.1) is 0 Å². The molecule has 2 nitrogen and oxygen atoms in total. The van der Waals surface area contributed by atoms with Gasteiger partial charge in [0.1, 0.15) is 0 Å². The second kappa shape index (κ2) is 20.0. The van der Waals surface area contributed by atoms with Gasteiger partial charge in [-0.3, -0.25) is 0 Å². The normalized spacial score (nSPS) is 56.7. The summed E-state index contributed by atoms with van der Waals surface area (Å²) >= 11 is 25.6. The van der Waals surface area contributed by atoms with E-state index >= 15 is 0 Å². The van der Waals surface area contributed by atoms with Crippen LogP contribution in [0.2, 0.25) is 0 Å². The Hall–Kier alpha value is 3.77. The lowest BCUT2D eigenvalue weighted by atomic mass is 10.0. The highest BCUT2D eigenvalue weighted by atomic mass is 32.2. The minimum Gasteiger partial charge on any atom is -0.392 e. The Balaban J connectivity index is 0.604. The first-order chi connectivity index (χ1) is 28.8. The fourth-order valence-corrected chi connectivity index (χ4v) is 34.7. The van der Waals surface area contributed by atoms with Gasteiger partial charge in [0.15, 0.2) is 0 Å². The van der Waals surface area contributed by atoms with Gasteiger partial charge in [-0.1, -0.05) is 13.8 Å². The van der Waals surface area contributed by atoms with Gasteiger partial charge >= 0.3 is 0 Å². The highest BCUT2D eigenvalue weighted by molar-refractivity contribution is 8.09. The SMILES string of the molecule is CC1CCC(C2CCC(C3CCC(C4CC(O)C(C5CCC(C6CCC(C7CCC(C8CC(O)C(C9CCC(C%10CCC(C%11CCC(C)S%11)S%10)S9)S8)S7)S6)S5)S4)S3)S2)S1. The Morgan fingerprint density at radius 2 is 0.441 bits per heavy atom. The second-order valence-corrected chi connectivity index (χ2v) is 37.1. The van der Waals surface area contributed by atoms with Gasteiger partial charge < -0.3 is 10.2 Å². The van der Waals surface area contributed by atoms with Gasteiger partial charge in [0.2, 0.25) is 0 Å². The van der Waals surface area contributed by atoms with Gasteiger partial charge in [0.25, 0.3) is 0 Å². The summed E-state index contributed by atoms with van der Waals surface area (Å²) in [4.78, 5) is 0. The van der Waals surface area contributed by atoms with Crippen LogP contribution in [0.25, 0.3) is 0 Å². The molecule has 24 atom stereocenters. The Labute approximate surface area is 405 Å². The van der Waals surface area contributed by atoms with E-state index in [9.17, 15) is 10.2 Å². The maximum atomic E-state index is 11.5. The van der Waals surface area contributed by atoms with E-state index in [1.807, 2.05) is 0 Å². The lowest BCUT2D eigenvalue weighted by molar-refractivity contribution is 0.168. The molecular formula is C46H72O2S11. The number of hydrogen-bond acceptors (Lipinski definition) is 13. The third kappa shape index (κ3) is 9.97. The molecule has 59 heavy (non-hydrogen) atoms. The first-order valence-electron chi connectivity index (χ1n) is 24.3. The molecule has 0 aliphatic carbocycles. The second-order valence-electron chi connectivity index (χ2n) is 20.5. The fraction of sp³-hybridized carbons (Fsp3) is 1.00. The number of hydrogen-bond donors (Lipinski definition) is 2. The van der Waals surface area contributed by atoms with Crippen molar-refractivity contribution in [1.82, 2.24) is 0 Å². The van der Waals surface area contributed by atoms with Crippen LogP contribution >= 0.6 is 129 Å². The smallest absolute Gasteiger partial charge is 0.0680 e. The zero-order chi connectivity index (χ0) is 39.8. The number of rotatable bonds is 10. The summed E-state index contributed by atoms with van der Waals surface area (Å²) < 4.78 is 0. The van der Waals surface area contributed by atoms with E-state index in [0.29, 0.717) is 31.5 Å². The van der Waals surface area contributed by atoms with Crippen molar-refractivity contribution in [2.75, 3.05) is 0 Å². The first kappa shape index (κ1) is 45.2. The quantitative estimate of drug-likeness (QED) is 0.219. The van der Waals surface area contributed by atoms with Crippen LogP contribution < -0.4 is 0 Å². The largest absolute Gasteiger partial charge is 0.392 e. The Kier molecular flexibility index (Phi) is 15.3. The highest BCUT2D eigenvalue weighted by Crippen LogP contribution is 2.59. The molecule has 11 aliphatic heterocycles. The van der Waals surface area contributed by atoms with Crippen LogP contribution in [0.4, 0.5) is 0 Å². The van der Waals surface area contributed by atoms with Crippen molar-refractivity contribution >= 4 is 129 Å². The molecule has 13 heteroatoms. The van der Waals surface area contributed by atoms with Crippen molar-refractivity contribution in [3.8, 4) is 0 Å². The summed E-state index contributed by atoms with van der Waals surface area (Å²) in [6.07, 6.45) is 27.4. The predicted octanol–water partition coefficient (Wildman–Crippen LogP) is 12.9. The molecule has 0 aromatic heterocycles. The van der Waals surface area contributed by atoms with Gasteiger partial charge in [0.05, 0.1) is 12.2 Å². The average molecular weight is 1010 g/mol. The number of aliphatic hydroxyl groups excluding tert-OH is 2. The topological polar surface area (TPSA) is 40.5 Å². The minimum absolute atomic E-state index is 0.0897. The third-order valence-electron chi connectivity index (χ3n) is 16.5. The molecule has 0 aromatic carbocycles. The Morgan fingerprint density at radius 3 is 0.695 bits per heavy atom. The summed E-state index contributed by atoms with van der Waals surface area (Å²) in [6, 6.07) is 0. The predicted molar refractivity (Wildman–Crippen MR) is 283 cm³/mol. The van der Waals surface area contributed by atoms with Crippen molar-refractivity contribution in [3.05, 3.63) is 0 Å². The molecule has 11 rings (SSSR count). The summed E-state index contributed by atoms with van der Waals surface area (Å²) in [6.45, 7) is 4.88. The lowest BCUT2D eigenvalue weighted by Gasteiger charge is -2.25. The zero-order valence-electron chi connectivity index (χ0n) is 35.4. The number of aliphatic hydroxyl groups is 2. The molecule has 24 unspecified atom stereocenters. The molecule has 334 valence electrons. The van der Waals surface area contributed by atoms with Crippen molar-refractivity contribution in [2.24, 2.45) is 0 Å². The van der Waals surface area contributed by atoms with Crippen LogP contribution in [0, 0.1) is 0 Å². The van der Waals surface area contributed by atoms with Crippen LogP contribution in [0.15, 0.2) is 0 Å². The summed E-state index contributed by atoms with van der Waals surface area (Å²) in [5.74, 6) is 0. The maximum absolute atomic E-state index is 11.5. The third-order valence-corrected chi connectivity index (χ3v) is 37.9. The van der Waals surface area contributed by atoms with Crippen LogP contribution in [-0.2, 0) is 0 Å². The summed E-state index contributed by atoms with van der Waals surface area (Å²) in [5.41, 5.74) is 0. The molecule has 11 heterocycles. The monoisotopic (exact) mass is 1010 g/mol. The molecule has 11 aliphatic rings. The Bertz CT molecular complexity index is 1430.